The summed E-state index contributed by atoms with van der Waals surface area (Å²) in [6, 6.07) is 15.0. The van der Waals surface area contributed by atoms with E-state index in [9.17, 15) is 8.78 Å². The van der Waals surface area contributed by atoms with Crippen LogP contribution in [0.5, 0.6) is 0 Å². The molecule has 2 aromatic carbocycles. The number of hydrogen-bond acceptors (Lipinski definition) is 2. The van der Waals surface area contributed by atoms with Gasteiger partial charge in [-0.1, -0.05) is 30.3 Å². The van der Waals surface area contributed by atoms with E-state index in [1.807, 2.05) is 0 Å². The van der Waals surface area contributed by atoms with E-state index in [4.69, 9.17) is 0 Å². The van der Waals surface area contributed by atoms with E-state index < -0.39 is 5.67 Å². The van der Waals surface area contributed by atoms with Crippen LogP contribution in [-0.2, 0) is 13.0 Å². The third kappa shape index (κ3) is 4.37. The van der Waals surface area contributed by atoms with Gasteiger partial charge < -0.3 is 15.3 Å². The highest BCUT2D eigenvalue weighted by atomic mass is 19.1. The lowest BCUT2D eigenvalue weighted by Crippen LogP contribution is -2.47. The van der Waals surface area contributed by atoms with Crippen molar-refractivity contribution in [3.8, 4) is 0 Å². The monoisotopic (exact) mass is 464 g/mol. The molecule has 0 unspecified atom stereocenters. The standard InChI is InChI=1S/C28H34F2N4/c1-18-13-22-20-7-4-5-8-24(20)33-26(22)27(34(18)17-28(2,3)30)23-16-32-25-14-19(9-10-21(23)25)15-31-12-6-11-29/h4-5,7-10,14,16,18,27,31-33H,6,11-13,15,17H2,1-3H3/t18-,27-/m1/s1. The van der Waals surface area contributed by atoms with Crippen molar-refractivity contribution in [2.45, 2.75) is 57.9 Å². The van der Waals surface area contributed by atoms with Gasteiger partial charge in [0.15, 0.2) is 0 Å². The third-order valence-electron chi connectivity index (χ3n) is 6.97. The van der Waals surface area contributed by atoms with Crippen LogP contribution in [0.2, 0.25) is 0 Å². The van der Waals surface area contributed by atoms with E-state index in [1.54, 1.807) is 13.8 Å². The molecule has 0 amide bonds. The molecule has 0 radical (unpaired) electrons. The minimum absolute atomic E-state index is 0.0662. The lowest BCUT2D eigenvalue weighted by Gasteiger charge is -2.42. The number of nitrogens with zero attached hydrogens (tertiary/aromatic N) is 1. The molecule has 0 saturated carbocycles. The summed E-state index contributed by atoms with van der Waals surface area (Å²) < 4.78 is 27.4. The smallest absolute Gasteiger partial charge is 0.118 e. The van der Waals surface area contributed by atoms with E-state index in [1.165, 1.54) is 16.6 Å². The van der Waals surface area contributed by atoms with Crippen molar-refractivity contribution in [2.24, 2.45) is 0 Å². The Bertz CT molecular complexity index is 1280. The van der Waals surface area contributed by atoms with Crippen LogP contribution in [0.1, 0.15) is 55.6 Å². The summed E-state index contributed by atoms with van der Waals surface area (Å²) in [5.41, 5.74) is 5.72. The van der Waals surface area contributed by atoms with Crippen molar-refractivity contribution in [3.63, 3.8) is 0 Å². The highest BCUT2D eigenvalue weighted by molar-refractivity contribution is 5.88. The number of H-pyrrole nitrogens is 2. The van der Waals surface area contributed by atoms with E-state index >= 15 is 0 Å². The van der Waals surface area contributed by atoms with Crippen LogP contribution in [0.3, 0.4) is 0 Å². The highest BCUT2D eigenvalue weighted by Crippen LogP contribution is 2.43. The molecule has 6 heteroatoms. The molecule has 3 N–H and O–H groups in total. The molecule has 3 heterocycles. The highest BCUT2D eigenvalue weighted by Gasteiger charge is 2.39. The molecule has 0 fully saturated rings. The average Bonchev–Trinajstić information content (AvgIpc) is 3.37. The van der Waals surface area contributed by atoms with Gasteiger partial charge in [-0.3, -0.25) is 9.29 Å². The van der Waals surface area contributed by atoms with Crippen molar-refractivity contribution in [1.29, 1.82) is 0 Å². The van der Waals surface area contributed by atoms with E-state index in [-0.39, 0.29) is 18.8 Å². The Kier molecular flexibility index (Phi) is 6.21. The Balaban J connectivity index is 1.58. The maximum Gasteiger partial charge on any atom is 0.118 e. The van der Waals surface area contributed by atoms with Gasteiger partial charge in [0.1, 0.15) is 5.67 Å². The summed E-state index contributed by atoms with van der Waals surface area (Å²) in [4.78, 5) is 9.47. The van der Waals surface area contributed by atoms with Gasteiger partial charge in [0, 0.05) is 58.4 Å². The average molecular weight is 465 g/mol. The zero-order chi connectivity index (χ0) is 23.9. The van der Waals surface area contributed by atoms with E-state index in [2.05, 4.69) is 75.8 Å². The minimum Gasteiger partial charge on any atom is -0.361 e. The molecule has 180 valence electrons. The van der Waals surface area contributed by atoms with Crippen LogP contribution in [0, 0.1) is 0 Å². The predicted molar refractivity (Wildman–Crippen MR) is 136 cm³/mol. The minimum atomic E-state index is -1.30. The number of nitrogens with one attached hydrogen (secondary N) is 3. The summed E-state index contributed by atoms with van der Waals surface area (Å²) in [5, 5.41) is 5.71. The molecule has 0 spiro atoms. The van der Waals surface area contributed by atoms with Crippen LogP contribution in [0.15, 0.2) is 48.7 Å². The second kappa shape index (κ2) is 9.16. The molecule has 0 bridgehead atoms. The maximum absolute atomic E-state index is 15.0. The summed E-state index contributed by atoms with van der Waals surface area (Å²) in [5.74, 6) is 0. The Labute approximate surface area is 199 Å². The Morgan fingerprint density at radius 1 is 1.12 bits per heavy atom. The topological polar surface area (TPSA) is 46.9 Å². The Hall–Kier alpha value is -2.70. The number of alkyl halides is 2. The first-order valence-corrected chi connectivity index (χ1v) is 12.3. The number of benzene rings is 2. The van der Waals surface area contributed by atoms with Crippen molar-refractivity contribution < 1.29 is 8.78 Å². The van der Waals surface area contributed by atoms with Gasteiger partial charge in [-0.25, -0.2) is 4.39 Å². The molecule has 0 aliphatic carbocycles. The molecule has 2 atom stereocenters. The van der Waals surface area contributed by atoms with Gasteiger partial charge in [-0.15, -0.1) is 0 Å². The predicted octanol–water partition coefficient (Wildman–Crippen LogP) is 6.18. The van der Waals surface area contributed by atoms with Gasteiger partial charge in [0.05, 0.1) is 12.7 Å². The number of halogens is 2. The summed E-state index contributed by atoms with van der Waals surface area (Å²) >= 11 is 0. The van der Waals surface area contributed by atoms with Crippen LogP contribution in [0.4, 0.5) is 8.78 Å². The van der Waals surface area contributed by atoms with Gasteiger partial charge in [-0.05, 0) is 63.4 Å². The van der Waals surface area contributed by atoms with Crippen molar-refractivity contribution in [3.05, 3.63) is 71.0 Å². The molecule has 4 nitrogen and oxygen atoms in total. The van der Waals surface area contributed by atoms with Crippen LogP contribution >= 0.6 is 0 Å². The Morgan fingerprint density at radius 2 is 1.94 bits per heavy atom. The first-order chi connectivity index (χ1) is 16.4. The molecular formula is C28H34F2N4. The van der Waals surface area contributed by atoms with E-state index in [0.29, 0.717) is 26.1 Å². The number of rotatable bonds is 8. The van der Waals surface area contributed by atoms with Gasteiger partial charge in [0.2, 0.25) is 0 Å². The Morgan fingerprint density at radius 3 is 2.74 bits per heavy atom. The maximum atomic E-state index is 15.0. The fraction of sp³-hybridized carbons (Fsp3) is 0.429. The SMILES string of the molecule is C[C@@H]1Cc2c([nH]c3ccccc23)[C@@H](c2c[nH]c3cc(CNCCCF)ccc23)N1CC(C)(C)F. The molecule has 2 aromatic heterocycles. The number of hydrogen-bond donors (Lipinski definition) is 3. The molecule has 0 saturated heterocycles. The fourth-order valence-corrected chi connectivity index (χ4v) is 5.48. The molecular weight excluding hydrogens is 430 g/mol. The zero-order valence-corrected chi connectivity index (χ0v) is 20.2. The van der Waals surface area contributed by atoms with Crippen LogP contribution in [0.25, 0.3) is 21.8 Å². The second-order valence-electron chi connectivity index (χ2n) is 10.3. The van der Waals surface area contributed by atoms with Crippen molar-refractivity contribution in [1.82, 2.24) is 20.2 Å². The molecule has 5 rings (SSSR count). The van der Waals surface area contributed by atoms with Crippen LogP contribution in [-0.4, -0.2) is 46.3 Å². The number of fused-ring (bicyclic) bond motifs is 4. The lowest BCUT2D eigenvalue weighted by atomic mass is 9.87. The quantitative estimate of drug-likeness (QED) is 0.273. The summed E-state index contributed by atoms with van der Waals surface area (Å²) in [7, 11) is 0. The summed E-state index contributed by atoms with van der Waals surface area (Å²) in [6.07, 6.45) is 3.51. The molecule has 34 heavy (non-hydrogen) atoms. The fourth-order valence-electron chi connectivity index (χ4n) is 5.48. The third-order valence-corrected chi connectivity index (χ3v) is 6.97. The molecule has 4 aromatic rings. The number of aromatic amines is 2. The molecule has 1 aliphatic heterocycles. The van der Waals surface area contributed by atoms with Gasteiger partial charge in [0.25, 0.3) is 0 Å². The first-order valence-electron chi connectivity index (χ1n) is 12.3. The van der Waals surface area contributed by atoms with Crippen LogP contribution < -0.4 is 5.32 Å². The first kappa shape index (κ1) is 23.1. The normalized spacial score (nSPS) is 19.2. The van der Waals surface area contributed by atoms with E-state index in [0.717, 1.165) is 34.0 Å². The number of para-hydroxylation sites is 1. The van der Waals surface area contributed by atoms with Crippen molar-refractivity contribution >= 4 is 21.8 Å². The van der Waals surface area contributed by atoms with Gasteiger partial charge >= 0.3 is 0 Å². The zero-order valence-electron chi connectivity index (χ0n) is 20.2. The second-order valence-corrected chi connectivity index (χ2v) is 10.3. The number of aromatic nitrogens is 2. The molecule has 1 aliphatic rings. The lowest BCUT2D eigenvalue weighted by molar-refractivity contribution is 0.0672. The largest absolute Gasteiger partial charge is 0.361 e. The van der Waals surface area contributed by atoms with Gasteiger partial charge in [-0.2, -0.15) is 0 Å². The summed E-state index contributed by atoms with van der Waals surface area (Å²) in [6.45, 7) is 6.97. The van der Waals surface area contributed by atoms with Crippen molar-refractivity contribution in [2.75, 3.05) is 19.8 Å².